The number of hydrogen-bond donors (Lipinski definition) is 1. The average Bonchev–Trinajstić information content (AvgIpc) is 2.66. The standard InChI is InChI=1S/C21H20N2O/c22-13-18-12-16-7-1-2-8-17(16)14-23(18)21(24)20-11-5-9-15-6-3-4-10-19(15)20/h1-11,18H,12-14,22H2/t18-/m0/s1. The van der Waals surface area contributed by atoms with Gasteiger partial charge in [0.25, 0.3) is 5.91 Å². The van der Waals surface area contributed by atoms with E-state index in [9.17, 15) is 4.79 Å². The molecule has 1 aliphatic heterocycles. The van der Waals surface area contributed by atoms with Gasteiger partial charge in [-0.25, -0.2) is 0 Å². The van der Waals surface area contributed by atoms with Gasteiger partial charge < -0.3 is 10.6 Å². The Balaban J connectivity index is 1.75. The fourth-order valence-corrected chi connectivity index (χ4v) is 3.60. The lowest BCUT2D eigenvalue weighted by Gasteiger charge is -2.36. The second-order valence-electron chi connectivity index (χ2n) is 6.32. The van der Waals surface area contributed by atoms with E-state index in [0.29, 0.717) is 13.1 Å². The van der Waals surface area contributed by atoms with Crippen LogP contribution in [0.2, 0.25) is 0 Å². The lowest BCUT2D eigenvalue weighted by Crippen LogP contribution is -2.48. The fourth-order valence-electron chi connectivity index (χ4n) is 3.60. The van der Waals surface area contributed by atoms with E-state index in [1.165, 1.54) is 11.1 Å². The van der Waals surface area contributed by atoms with Gasteiger partial charge in [-0.3, -0.25) is 4.79 Å². The zero-order chi connectivity index (χ0) is 16.5. The van der Waals surface area contributed by atoms with Crippen molar-refractivity contribution in [2.24, 2.45) is 5.73 Å². The highest BCUT2D eigenvalue weighted by molar-refractivity contribution is 6.07. The molecule has 0 fully saturated rings. The van der Waals surface area contributed by atoms with Crippen LogP contribution in [0.15, 0.2) is 66.7 Å². The topological polar surface area (TPSA) is 46.3 Å². The van der Waals surface area contributed by atoms with E-state index in [4.69, 9.17) is 5.73 Å². The molecule has 0 aliphatic carbocycles. The van der Waals surface area contributed by atoms with Crippen LogP contribution in [0.3, 0.4) is 0 Å². The molecular weight excluding hydrogens is 296 g/mol. The molecule has 3 aromatic carbocycles. The van der Waals surface area contributed by atoms with Gasteiger partial charge in [0.15, 0.2) is 0 Å². The first-order chi connectivity index (χ1) is 11.8. The Bertz CT molecular complexity index is 898. The summed E-state index contributed by atoms with van der Waals surface area (Å²) in [4.78, 5) is 15.2. The van der Waals surface area contributed by atoms with Crippen molar-refractivity contribution in [1.29, 1.82) is 0 Å². The lowest BCUT2D eigenvalue weighted by molar-refractivity contribution is 0.0650. The molecule has 1 heterocycles. The number of carbonyl (C=O) groups is 1. The van der Waals surface area contributed by atoms with Crippen LogP contribution in [0.5, 0.6) is 0 Å². The van der Waals surface area contributed by atoms with Crippen LogP contribution in [0, 0.1) is 0 Å². The van der Waals surface area contributed by atoms with E-state index < -0.39 is 0 Å². The summed E-state index contributed by atoms with van der Waals surface area (Å²) >= 11 is 0. The fraction of sp³-hybridized carbons (Fsp3) is 0.190. The minimum atomic E-state index is 0.0476. The number of carbonyl (C=O) groups excluding carboxylic acids is 1. The van der Waals surface area contributed by atoms with Crippen molar-refractivity contribution in [1.82, 2.24) is 4.90 Å². The number of rotatable bonds is 2. The Kier molecular flexibility index (Phi) is 3.79. The Hall–Kier alpha value is -2.65. The zero-order valence-electron chi connectivity index (χ0n) is 13.5. The normalized spacial score (nSPS) is 16.9. The summed E-state index contributed by atoms with van der Waals surface area (Å²) in [7, 11) is 0. The molecule has 24 heavy (non-hydrogen) atoms. The smallest absolute Gasteiger partial charge is 0.255 e. The number of nitrogens with zero attached hydrogens (tertiary/aromatic N) is 1. The van der Waals surface area contributed by atoms with Crippen LogP contribution in [0.25, 0.3) is 10.8 Å². The van der Waals surface area contributed by atoms with Gasteiger partial charge in [0.05, 0.1) is 0 Å². The van der Waals surface area contributed by atoms with Crippen molar-refractivity contribution < 1.29 is 4.79 Å². The third kappa shape index (κ3) is 2.47. The van der Waals surface area contributed by atoms with Gasteiger partial charge in [-0.2, -0.15) is 0 Å². The molecule has 120 valence electrons. The van der Waals surface area contributed by atoms with E-state index in [2.05, 4.69) is 18.2 Å². The number of hydrogen-bond acceptors (Lipinski definition) is 2. The quantitative estimate of drug-likeness (QED) is 0.788. The molecule has 3 nitrogen and oxygen atoms in total. The zero-order valence-corrected chi connectivity index (χ0v) is 13.5. The summed E-state index contributed by atoms with van der Waals surface area (Å²) in [5, 5.41) is 2.09. The summed E-state index contributed by atoms with van der Waals surface area (Å²) < 4.78 is 0. The average molecular weight is 316 g/mol. The van der Waals surface area contributed by atoms with E-state index in [1.54, 1.807) is 0 Å². The minimum absolute atomic E-state index is 0.0476. The molecule has 1 amide bonds. The summed E-state index contributed by atoms with van der Waals surface area (Å²) in [6.07, 6.45) is 0.823. The molecule has 0 saturated heterocycles. The van der Waals surface area contributed by atoms with E-state index in [1.807, 2.05) is 53.4 Å². The lowest BCUT2D eigenvalue weighted by atomic mass is 9.93. The molecular formula is C21H20N2O. The van der Waals surface area contributed by atoms with E-state index in [0.717, 1.165) is 22.8 Å². The van der Waals surface area contributed by atoms with Crippen LogP contribution < -0.4 is 5.73 Å². The summed E-state index contributed by atoms with van der Waals surface area (Å²) in [6.45, 7) is 1.10. The molecule has 0 radical (unpaired) electrons. The second-order valence-corrected chi connectivity index (χ2v) is 6.32. The van der Waals surface area contributed by atoms with Gasteiger partial charge in [-0.15, -0.1) is 0 Å². The number of amides is 1. The predicted molar refractivity (Wildman–Crippen MR) is 96.8 cm³/mol. The molecule has 0 bridgehead atoms. The number of fused-ring (bicyclic) bond motifs is 2. The molecule has 0 saturated carbocycles. The van der Waals surface area contributed by atoms with Gasteiger partial charge >= 0.3 is 0 Å². The second kappa shape index (κ2) is 6.10. The first kappa shape index (κ1) is 14.9. The molecule has 4 rings (SSSR count). The summed E-state index contributed by atoms with van der Waals surface area (Å²) in [6, 6.07) is 22.3. The Morgan fingerprint density at radius 3 is 2.50 bits per heavy atom. The molecule has 0 spiro atoms. The molecule has 3 aromatic rings. The van der Waals surface area contributed by atoms with Crippen molar-refractivity contribution in [3.63, 3.8) is 0 Å². The van der Waals surface area contributed by atoms with Crippen LogP contribution in [0.4, 0.5) is 0 Å². The van der Waals surface area contributed by atoms with Crippen molar-refractivity contribution in [3.8, 4) is 0 Å². The third-order valence-corrected chi connectivity index (χ3v) is 4.91. The van der Waals surface area contributed by atoms with Gasteiger partial charge in [0.2, 0.25) is 0 Å². The Morgan fingerprint density at radius 2 is 1.67 bits per heavy atom. The van der Waals surface area contributed by atoms with E-state index in [-0.39, 0.29) is 11.9 Å². The molecule has 0 unspecified atom stereocenters. The monoisotopic (exact) mass is 316 g/mol. The molecule has 3 heteroatoms. The SMILES string of the molecule is NC[C@@H]1Cc2ccccc2CN1C(=O)c1cccc2ccccc12. The Labute approximate surface area is 141 Å². The third-order valence-electron chi connectivity index (χ3n) is 4.91. The minimum Gasteiger partial charge on any atom is -0.330 e. The summed E-state index contributed by atoms with van der Waals surface area (Å²) in [5.41, 5.74) is 9.26. The van der Waals surface area contributed by atoms with Crippen molar-refractivity contribution in [3.05, 3.63) is 83.4 Å². The van der Waals surface area contributed by atoms with Crippen molar-refractivity contribution >= 4 is 16.7 Å². The highest BCUT2D eigenvalue weighted by Crippen LogP contribution is 2.27. The first-order valence-corrected chi connectivity index (χ1v) is 8.33. The molecule has 1 atom stereocenters. The summed E-state index contributed by atoms with van der Waals surface area (Å²) in [5.74, 6) is 0.0664. The maximum atomic E-state index is 13.3. The van der Waals surface area contributed by atoms with Crippen LogP contribution in [-0.4, -0.2) is 23.4 Å². The van der Waals surface area contributed by atoms with Crippen molar-refractivity contribution in [2.75, 3.05) is 6.54 Å². The van der Waals surface area contributed by atoms with Gasteiger partial charge in [0, 0.05) is 24.7 Å². The highest BCUT2D eigenvalue weighted by Gasteiger charge is 2.29. The molecule has 2 N–H and O–H groups in total. The number of nitrogens with two attached hydrogens (primary N) is 1. The van der Waals surface area contributed by atoms with Crippen molar-refractivity contribution in [2.45, 2.75) is 19.0 Å². The number of benzene rings is 3. The van der Waals surface area contributed by atoms with E-state index >= 15 is 0 Å². The largest absolute Gasteiger partial charge is 0.330 e. The van der Waals surface area contributed by atoms with Gasteiger partial charge in [0.1, 0.15) is 0 Å². The van der Waals surface area contributed by atoms with Crippen LogP contribution >= 0.6 is 0 Å². The predicted octanol–water partition coefficient (Wildman–Crippen LogP) is 3.37. The Morgan fingerprint density at radius 1 is 0.958 bits per heavy atom. The van der Waals surface area contributed by atoms with Crippen LogP contribution in [-0.2, 0) is 13.0 Å². The first-order valence-electron chi connectivity index (χ1n) is 8.33. The highest BCUT2D eigenvalue weighted by atomic mass is 16.2. The molecule has 1 aliphatic rings. The maximum absolute atomic E-state index is 13.3. The maximum Gasteiger partial charge on any atom is 0.255 e. The molecule has 0 aromatic heterocycles. The van der Waals surface area contributed by atoms with Gasteiger partial charge in [-0.1, -0.05) is 60.7 Å². The van der Waals surface area contributed by atoms with Gasteiger partial charge in [-0.05, 0) is 34.4 Å². The van der Waals surface area contributed by atoms with Crippen LogP contribution in [0.1, 0.15) is 21.5 Å².